The first-order chi connectivity index (χ1) is 6.47. The molecule has 1 heterocycles. The number of hydrogen-bond acceptors (Lipinski definition) is 4. The molecule has 0 spiro atoms. The van der Waals surface area contributed by atoms with Gasteiger partial charge in [0.25, 0.3) is 11.8 Å². The Hall–Kier alpha value is -1.14. The Morgan fingerprint density at radius 3 is 2.27 bits per heavy atom. The van der Waals surface area contributed by atoms with E-state index in [0.717, 1.165) is 4.90 Å². The van der Waals surface area contributed by atoms with Gasteiger partial charge in [0, 0.05) is 6.54 Å². The number of rotatable bonds is 2. The van der Waals surface area contributed by atoms with Crippen molar-refractivity contribution in [3.63, 3.8) is 0 Å². The molecule has 1 rings (SSSR count). The average Bonchev–Trinajstić information content (AvgIpc) is 2.15. The zero-order chi connectivity index (χ0) is 10.9. The lowest BCUT2D eigenvalue weighted by Gasteiger charge is -2.35. The summed E-state index contributed by atoms with van der Waals surface area (Å²) in [5, 5.41) is 2.05. The summed E-state index contributed by atoms with van der Waals surface area (Å²) in [7, 11) is 0. The molecule has 0 aromatic rings. The molecule has 0 aliphatic carbocycles. The van der Waals surface area contributed by atoms with Gasteiger partial charge in [0.15, 0.2) is 5.54 Å². The summed E-state index contributed by atoms with van der Waals surface area (Å²) in [4.78, 5) is 35.1. The zero-order valence-electron chi connectivity index (χ0n) is 8.57. The predicted molar refractivity (Wildman–Crippen MR) is 55.4 cm³/mol. The molecule has 0 aromatic carbocycles. The fraction of sp³-hybridized carbons (Fsp3) is 0.625. The molecule has 0 saturated carbocycles. The third kappa shape index (κ3) is 1.95. The number of carbonyl (C=O) groups is 3. The van der Waals surface area contributed by atoms with E-state index in [1.807, 2.05) is 0 Å². The molecular weight excluding hydrogens is 222 g/mol. The quantitative estimate of drug-likeness (QED) is 0.638. The zero-order valence-corrected chi connectivity index (χ0v) is 9.39. The molecule has 0 bridgehead atoms. The van der Waals surface area contributed by atoms with E-state index in [0.29, 0.717) is 0 Å². The number of carbonyl (C=O) groups excluding carboxylic acids is 3. The van der Waals surface area contributed by atoms with Crippen molar-refractivity contribution in [2.75, 3.05) is 6.54 Å². The van der Waals surface area contributed by atoms with Crippen molar-refractivity contribution in [1.29, 1.82) is 0 Å². The van der Waals surface area contributed by atoms with E-state index >= 15 is 0 Å². The standard InChI is InChI=1S/C8H13N3O3.ClH/c1-3-8(9)5(12)10-7(14)11(4-2)6(8)13;/h3-4,9H2,1-2H3,(H,10,12,14);1H. The van der Waals surface area contributed by atoms with Crippen molar-refractivity contribution >= 4 is 30.3 Å². The van der Waals surface area contributed by atoms with Crippen LogP contribution in [0.2, 0.25) is 0 Å². The largest absolute Gasteiger partial charge is 0.330 e. The maximum Gasteiger partial charge on any atom is 0.330 e. The minimum Gasteiger partial charge on any atom is -0.309 e. The van der Waals surface area contributed by atoms with Crippen LogP contribution in [0.25, 0.3) is 0 Å². The van der Waals surface area contributed by atoms with Gasteiger partial charge >= 0.3 is 6.03 Å². The molecule has 4 amide bonds. The maximum atomic E-state index is 11.6. The van der Waals surface area contributed by atoms with Crippen LogP contribution in [0.3, 0.4) is 0 Å². The van der Waals surface area contributed by atoms with Crippen LogP contribution in [0.4, 0.5) is 4.79 Å². The third-order valence-corrected chi connectivity index (χ3v) is 2.37. The normalized spacial score (nSPS) is 26.1. The second kappa shape index (κ2) is 4.59. The van der Waals surface area contributed by atoms with E-state index in [4.69, 9.17) is 5.73 Å². The highest BCUT2D eigenvalue weighted by Gasteiger charge is 2.49. The molecule has 1 saturated heterocycles. The Morgan fingerprint density at radius 1 is 1.33 bits per heavy atom. The molecule has 15 heavy (non-hydrogen) atoms. The Bertz CT molecular complexity index is 308. The molecule has 7 heteroatoms. The summed E-state index contributed by atoms with van der Waals surface area (Å²) >= 11 is 0. The summed E-state index contributed by atoms with van der Waals surface area (Å²) in [5.74, 6) is -1.35. The summed E-state index contributed by atoms with van der Waals surface area (Å²) in [6.45, 7) is 3.47. The van der Waals surface area contributed by atoms with Gasteiger partial charge in [-0.2, -0.15) is 0 Å². The Labute approximate surface area is 93.6 Å². The first-order valence-electron chi connectivity index (χ1n) is 4.43. The first kappa shape index (κ1) is 13.9. The average molecular weight is 236 g/mol. The van der Waals surface area contributed by atoms with E-state index in [9.17, 15) is 14.4 Å². The van der Waals surface area contributed by atoms with Crippen LogP contribution in [-0.4, -0.2) is 34.8 Å². The number of likely N-dealkylation sites (N-methyl/N-ethyl adjacent to an activating group) is 1. The fourth-order valence-electron chi connectivity index (χ4n) is 1.31. The van der Waals surface area contributed by atoms with Gasteiger partial charge in [-0.1, -0.05) is 6.92 Å². The highest BCUT2D eigenvalue weighted by Crippen LogP contribution is 2.15. The molecule has 0 aromatic heterocycles. The second-order valence-corrected chi connectivity index (χ2v) is 3.13. The predicted octanol–water partition coefficient (Wildman–Crippen LogP) is -0.386. The van der Waals surface area contributed by atoms with Gasteiger partial charge in [-0.25, -0.2) is 4.79 Å². The number of amides is 4. The van der Waals surface area contributed by atoms with Gasteiger partial charge in [-0.15, -0.1) is 12.4 Å². The SMILES string of the molecule is CCN1C(=O)NC(=O)C(N)(CC)C1=O.Cl. The highest BCUT2D eigenvalue weighted by molar-refractivity contribution is 6.22. The first-order valence-corrected chi connectivity index (χ1v) is 4.43. The van der Waals surface area contributed by atoms with Crippen molar-refractivity contribution in [3.05, 3.63) is 0 Å². The van der Waals surface area contributed by atoms with Crippen molar-refractivity contribution < 1.29 is 14.4 Å². The van der Waals surface area contributed by atoms with Crippen LogP contribution in [0.5, 0.6) is 0 Å². The number of nitrogens with zero attached hydrogens (tertiary/aromatic N) is 1. The number of hydrogen-bond donors (Lipinski definition) is 2. The molecule has 0 radical (unpaired) electrons. The fourth-order valence-corrected chi connectivity index (χ4v) is 1.31. The Balaban J connectivity index is 0.00000196. The van der Waals surface area contributed by atoms with Crippen LogP contribution in [0, 0.1) is 0 Å². The van der Waals surface area contributed by atoms with E-state index in [-0.39, 0.29) is 25.4 Å². The minimum absolute atomic E-state index is 0. The van der Waals surface area contributed by atoms with Crippen molar-refractivity contribution in [1.82, 2.24) is 10.2 Å². The molecule has 3 N–H and O–H groups in total. The monoisotopic (exact) mass is 235 g/mol. The molecule has 1 fully saturated rings. The minimum atomic E-state index is -1.59. The molecule has 86 valence electrons. The summed E-state index contributed by atoms with van der Waals surface area (Å²) in [6, 6.07) is -0.697. The van der Waals surface area contributed by atoms with E-state index in [1.54, 1.807) is 13.8 Å². The molecule has 1 atom stereocenters. The lowest BCUT2D eigenvalue weighted by atomic mass is 9.93. The Kier molecular flexibility index (Phi) is 4.24. The van der Waals surface area contributed by atoms with Crippen LogP contribution in [-0.2, 0) is 9.59 Å². The van der Waals surface area contributed by atoms with E-state index in [1.165, 1.54) is 0 Å². The number of urea groups is 1. The third-order valence-electron chi connectivity index (χ3n) is 2.37. The van der Waals surface area contributed by atoms with Crippen LogP contribution in [0.1, 0.15) is 20.3 Å². The number of barbiturate groups is 1. The maximum absolute atomic E-state index is 11.6. The van der Waals surface area contributed by atoms with Crippen LogP contribution < -0.4 is 11.1 Å². The van der Waals surface area contributed by atoms with Gasteiger partial charge < -0.3 is 5.73 Å². The lowest BCUT2D eigenvalue weighted by molar-refractivity contribution is -0.144. The Morgan fingerprint density at radius 2 is 1.87 bits per heavy atom. The molecule has 1 aliphatic heterocycles. The number of nitrogens with one attached hydrogen (secondary N) is 1. The molecule has 1 unspecified atom stereocenters. The molecule has 6 nitrogen and oxygen atoms in total. The lowest BCUT2D eigenvalue weighted by Crippen LogP contribution is -2.71. The number of halogens is 1. The van der Waals surface area contributed by atoms with Crippen LogP contribution >= 0.6 is 12.4 Å². The summed E-state index contributed by atoms with van der Waals surface area (Å²) in [5.41, 5.74) is 4.02. The van der Waals surface area contributed by atoms with E-state index in [2.05, 4.69) is 5.32 Å². The van der Waals surface area contributed by atoms with Gasteiger partial charge in [0.1, 0.15) is 0 Å². The second-order valence-electron chi connectivity index (χ2n) is 3.13. The summed E-state index contributed by atoms with van der Waals surface area (Å²) in [6.07, 6.45) is 0.168. The van der Waals surface area contributed by atoms with Crippen molar-refractivity contribution in [3.8, 4) is 0 Å². The molecular formula is C8H14ClN3O3. The van der Waals surface area contributed by atoms with Gasteiger partial charge in [0.2, 0.25) is 0 Å². The smallest absolute Gasteiger partial charge is 0.309 e. The number of nitrogens with two attached hydrogens (primary N) is 1. The topological polar surface area (TPSA) is 92.5 Å². The van der Waals surface area contributed by atoms with E-state index < -0.39 is 23.4 Å². The molecule has 1 aliphatic rings. The van der Waals surface area contributed by atoms with Gasteiger partial charge in [-0.3, -0.25) is 19.8 Å². The van der Waals surface area contributed by atoms with Crippen molar-refractivity contribution in [2.45, 2.75) is 25.8 Å². The highest BCUT2D eigenvalue weighted by atomic mass is 35.5. The van der Waals surface area contributed by atoms with Gasteiger partial charge in [-0.05, 0) is 13.3 Å². The number of imide groups is 2. The van der Waals surface area contributed by atoms with Crippen LogP contribution in [0.15, 0.2) is 0 Å². The van der Waals surface area contributed by atoms with Gasteiger partial charge in [0.05, 0.1) is 0 Å². The van der Waals surface area contributed by atoms with Crippen molar-refractivity contribution in [2.24, 2.45) is 5.73 Å². The summed E-state index contributed by atoms with van der Waals surface area (Å²) < 4.78 is 0.